The molecule has 2 aromatic rings. The lowest BCUT2D eigenvalue weighted by molar-refractivity contribution is 0.209. The number of amides is 1. The Kier molecular flexibility index (Phi) is 2.77. The Morgan fingerprint density at radius 3 is 2.50 bits per heavy atom. The molecule has 0 unspecified atom stereocenters. The van der Waals surface area contributed by atoms with Crippen LogP contribution in [0.25, 0.3) is 11.3 Å². The molecule has 5 nitrogen and oxygen atoms in total. The van der Waals surface area contributed by atoms with Crippen LogP contribution in [0.1, 0.15) is 0 Å². The second-order valence-corrected chi connectivity index (χ2v) is 3.05. The topological polar surface area (TPSA) is 75.1 Å². The largest absolute Gasteiger partial charge is 0.465 e. The van der Waals surface area contributed by atoms with Gasteiger partial charge < -0.3 is 5.11 Å². The third kappa shape index (κ3) is 2.14. The number of rotatable bonds is 2. The van der Waals surface area contributed by atoms with E-state index in [2.05, 4.69) is 15.3 Å². The van der Waals surface area contributed by atoms with E-state index >= 15 is 0 Å². The van der Waals surface area contributed by atoms with Crippen molar-refractivity contribution in [3.63, 3.8) is 0 Å². The highest BCUT2D eigenvalue weighted by atomic mass is 16.4. The molecule has 1 amide bonds. The fourth-order valence-electron chi connectivity index (χ4n) is 1.34. The van der Waals surface area contributed by atoms with Crippen LogP contribution in [-0.4, -0.2) is 21.2 Å². The van der Waals surface area contributed by atoms with Crippen LogP contribution in [0, 0.1) is 0 Å². The molecule has 0 radical (unpaired) electrons. The summed E-state index contributed by atoms with van der Waals surface area (Å²) in [6.45, 7) is 0. The highest BCUT2D eigenvalue weighted by molar-refractivity contribution is 5.86. The Morgan fingerprint density at radius 1 is 1.12 bits per heavy atom. The lowest BCUT2D eigenvalue weighted by atomic mass is 10.1. The molecular weight excluding hydrogens is 206 g/mol. The maximum atomic E-state index is 10.6. The Balaban J connectivity index is 2.44. The van der Waals surface area contributed by atoms with E-state index in [4.69, 9.17) is 5.11 Å². The van der Waals surface area contributed by atoms with E-state index in [1.807, 2.05) is 30.3 Å². The first kappa shape index (κ1) is 10.1. The van der Waals surface area contributed by atoms with Crippen LogP contribution < -0.4 is 5.32 Å². The summed E-state index contributed by atoms with van der Waals surface area (Å²) < 4.78 is 0. The minimum absolute atomic E-state index is 0.237. The van der Waals surface area contributed by atoms with Gasteiger partial charge in [0.25, 0.3) is 0 Å². The lowest BCUT2D eigenvalue weighted by Gasteiger charge is -2.06. The molecule has 2 rings (SSSR count). The van der Waals surface area contributed by atoms with Gasteiger partial charge in [0.15, 0.2) is 5.82 Å². The number of benzene rings is 1. The van der Waals surface area contributed by atoms with Gasteiger partial charge in [-0.05, 0) is 0 Å². The van der Waals surface area contributed by atoms with Crippen LogP contribution in [0.4, 0.5) is 10.6 Å². The molecule has 5 heteroatoms. The van der Waals surface area contributed by atoms with Crippen LogP contribution in [0.15, 0.2) is 42.7 Å². The minimum atomic E-state index is -1.15. The number of hydrogen-bond donors (Lipinski definition) is 2. The first-order valence-electron chi connectivity index (χ1n) is 4.64. The van der Waals surface area contributed by atoms with Crippen LogP contribution >= 0.6 is 0 Å². The minimum Gasteiger partial charge on any atom is -0.465 e. The van der Waals surface area contributed by atoms with E-state index in [-0.39, 0.29) is 5.82 Å². The SMILES string of the molecule is O=C(O)Nc1nccnc1-c1ccccc1. The second-order valence-electron chi connectivity index (χ2n) is 3.05. The summed E-state index contributed by atoms with van der Waals surface area (Å²) in [4.78, 5) is 18.6. The van der Waals surface area contributed by atoms with E-state index in [0.717, 1.165) is 5.56 Å². The molecular formula is C11H9N3O2. The Morgan fingerprint density at radius 2 is 1.81 bits per heavy atom. The predicted octanol–water partition coefficient (Wildman–Crippen LogP) is 2.23. The van der Waals surface area contributed by atoms with Crippen LogP contribution in [0.2, 0.25) is 0 Å². The van der Waals surface area contributed by atoms with Crippen molar-refractivity contribution >= 4 is 11.9 Å². The molecule has 0 bridgehead atoms. The summed E-state index contributed by atoms with van der Waals surface area (Å²) >= 11 is 0. The molecule has 0 aliphatic rings. The number of nitrogens with one attached hydrogen (secondary N) is 1. The molecule has 0 aliphatic carbocycles. The van der Waals surface area contributed by atoms with Crippen molar-refractivity contribution < 1.29 is 9.90 Å². The zero-order valence-electron chi connectivity index (χ0n) is 8.29. The number of aromatic nitrogens is 2. The summed E-state index contributed by atoms with van der Waals surface area (Å²) in [7, 11) is 0. The standard InChI is InChI=1S/C11H9N3O2/c15-11(16)14-10-9(12-6-7-13-10)8-4-2-1-3-5-8/h1-7H,(H,13,14)(H,15,16). The molecule has 0 spiro atoms. The number of carbonyl (C=O) groups is 1. The van der Waals surface area contributed by atoms with E-state index in [1.165, 1.54) is 12.4 Å². The Labute approximate surface area is 91.8 Å². The third-order valence-corrected chi connectivity index (χ3v) is 1.97. The molecule has 1 aromatic carbocycles. The number of nitrogens with zero attached hydrogens (tertiary/aromatic N) is 2. The molecule has 0 fully saturated rings. The van der Waals surface area contributed by atoms with E-state index in [1.54, 1.807) is 0 Å². The van der Waals surface area contributed by atoms with Gasteiger partial charge in [0.2, 0.25) is 0 Å². The van der Waals surface area contributed by atoms with E-state index in [9.17, 15) is 4.79 Å². The van der Waals surface area contributed by atoms with E-state index < -0.39 is 6.09 Å². The predicted molar refractivity (Wildman–Crippen MR) is 59.1 cm³/mol. The van der Waals surface area contributed by atoms with Gasteiger partial charge in [-0.2, -0.15) is 0 Å². The maximum absolute atomic E-state index is 10.6. The van der Waals surface area contributed by atoms with Crippen LogP contribution in [-0.2, 0) is 0 Å². The molecule has 16 heavy (non-hydrogen) atoms. The van der Waals surface area contributed by atoms with Gasteiger partial charge in [-0.15, -0.1) is 0 Å². The highest BCUT2D eigenvalue weighted by Crippen LogP contribution is 2.22. The summed E-state index contributed by atoms with van der Waals surface area (Å²) in [6, 6.07) is 9.28. The molecule has 1 aromatic heterocycles. The zero-order chi connectivity index (χ0) is 11.4. The monoisotopic (exact) mass is 215 g/mol. The van der Waals surface area contributed by atoms with Gasteiger partial charge >= 0.3 is 6.09 Å². The van der Waals surface area contributed by atoms with Crippen molar-refractivity contribution in [3.8, 4) is 11.3 Å². The molecule has 0 atom stereocenters. The normalized spacial score (nSPS) is 9.75. The van der Waals surface area contributed by atoms with Crippen molar-refractivity contribution in [2.75, 3.05) is 5.32 Å². The first-order valence-corrected chi connectivity index (χ1v) is 4.64. The average molecular weight is 215 g/mol. The van der Waals surface area contributed by atoms with Crippen LogP contribution in [0.3, 0.4) is 0 Å². The molecule has 0 saturated carbocycles. The van der Waals surface area contributed by atoms with Gasteiger partial charge in [-0.25, -0.2) is 9.78 Å². The first-order chi connectivity index (χ1) is 7.77. The number of carboxylic acid groups (broad SMARTS) is 1. The quantitative estimate of drug-likeness (QED) is 0.805. The van der Waals surface area contributed by atoms with Gasteiger partial charge in [-0.1, -0.05) is 30.3 Å². The number of hydrogen-bond acceptors (Lipinski definition) is 3. The average Bonchev–Trinajstić information content (AvgIpc) is 2.30. The summed E-state index contributed by atoms with van der Waals surface area (Å²) in [5.74, 6) is 0.237. The van der Waals surface area contributed by atoms with Gasteiger partial charge in [-0.3, -0.25) is 10.3 Å². The summed E-state index contributed by atoms with van der Waals surface area (Å²) in [6.07, 6.45) is 1.81. The summed E-state index contributed by atoms with van der Waals surface area (Å²) in [5, 5.41) is 10.9. The Bertz CT molecular complexity index is 500. The molecule has 1 heterocycles. The van der Waals surface area contributed by atoms with Crippen molar-refractivity contribution in [2.45, 2.75) is 0 Å². The summed E-state index contributed by atoms with van der Waals surface area (Å²) in [5.41, 5.74) is 1.34. The molecule has 0 saturated heterocycles. The Hall–Kier alpha value is -2.43. The zero-order valence-corrected chi connectivity index (χ0v) is 8.29. The molecule has 2 N–H and O–H groups in total. The van der Waals surface area contributed by atoms with Gasteiger partial charge in [0.05, 0.1) is 0 Å². The lowest BCUT2D eigenvalue weighted by Crippen LogP contribution is -2.10. The molecule has 0 aliphatic heterocycles. The van der Waals surface area contributed by atoms with Gasteiger partial charge in [0, 0.05) is 18.0 Å². The second kappa shape index (κ2) is 4.39. The van der Waals surface area contributed by atoms with Crippen molar-refractivity contribution in [3.05, 3.63) is 42.7 Å². The van der Waals surface area contributed by atoms with Gasteiger partial charge in [0.1, 0.15) is 5.69 Å². The van der Waals surface area contributed by atoms with Crippen molar-refractivity contribution in [2.24, 2.45) is 0 Å². The van der Waals surface area contributed by atoms with E-state index in [0.29, 0.717) is 5.69 Å². The number of anilines is 1. The fourth-order valence-corrected chi connectivity index (χ4v) is 1.34. The van der Waals surface area contributed by atoms with Crippen LogP contribution in [0.5, 0.6) is 0 Å². The molecule has 80 valence electrons. The van der Waals surface area contributed by atoms with Crippen molar-refractivity contribution in [1.29, 1.82) is 0 Å². The van der Waals surface area contributed by atoms with Crippen molar-refractivity contribution in [1.82, 2.24) is 9.97 Å². The highest BCUT2D eigenvalue weighted by Gasteiger charge is 2.09. The smallest absolute Gasteiger partial charge is 0.410 e. The maximum Gasteiger partial charge on any atom is 0.410 e. The third-order valence-electron chi connectivity index (χ3n) is 1.97. The fraction of sp³-hybridized carbons (Fsp3) is 0.